The number of ether oxygens (including phenoxy) is 1. The smallest absolute Gasteiger partial charge is 0.262 e. The van der Waals surface area contributed by atoms with Crippen molar-refractivity contribution in [3.05, 3.63) is 76.3 Å². The number of benzene rings is 3. The predicted octanol–water partition coefficient (Wildman–Crippen LogP) is 6.91. The monoisotopic (exact) mass is 448 g/mol. The molecule has 0 radical (unpaired) electrons. The van der Waals surface area contributed by atoms with Crippen molar-refractivity contribution in [1.29, 1.82) is 0 Å². The lowest BCUT2D eigenvalue weighted by Crippen LogP contribution is -2.21. The molecule has 5 nitrogen and oxygen atoms in total. The van der Waals surface area contributed by atoms with Crippen LogP contribution in [0.15, 0.2) is 59.0 Å². The molecule has 0 atom stereocenters. The number of rotatable bonds is 6. The molecular formula is C26H25ClN2O3. The summed E-state index contributed by atoms with van der Waals surface area (Å²) >= 11 is 6.33. The van der Waals surface area contributed by atoms with Crippen LogP contribution in [0.4, 0.5) is 5.69 Å². The van der Waals surface area contributed by atoms with Crippen molar-refractivity contribution in [3.63, 3.8) is 0 Å². The van der Waals surface area contributed by atoms with Gasteiger partial charge < -0.3 is 14.5 Å². The Morgan fingerprint density at radius 3 is 2.59 bits per heavy atom. The maximum absolute atomic E-state index is 12.6. The molecule has 0 aliphatic rings. The third kappa shape index (κ3) is 4.78. The number of carbonyl (C=O) groups excluding carboxylic acids is 1. The number of anilines is 1. The van der Waals surface area contributed by atoms with E-state index in [2.05, 4.69) is 24.1 Å². The Labute approximate surface area is 192 Å². The van der Waals surface area contributed by atoms with Crippen LogP contribution in [0.25, 0.3) is 22.6 Å². The number of aromatic nitrogens is 1. The molecule has 4 rings (SSSR count). The van der Waals surface area contributed by atoms with Crippen molar-refractivity contribution >= 4 is 34.3 Å². The Kier molecular flexibility index (Phi) is 6.19. The fraction of sp³-hybridized carbons (Fsp3) is 0.231. The maximum Gasteiger partial charge on any atom is 0.262 e. The number of aryl methyl sites for hydroxylation is 2. The van der Waals surface area contributed by atoms with Crippen molar-refractivity contribution in [1.82, 2.24) is 4.98 Å². The summed E-state index contributed by atoms with van der Waals surface area (Å²) in [4.78, 5) is 17.1. The minimum Gasteiger partial charge on any atom is -0.483 e. The van der Waals surface area contributed by atoms with Crippen LogP contribution in [0.3, 0.4) is 0 Å². The summed E-state index contributed by atoms with van der Waals surface area (Å²) in [5.41, 5.74) is 5.93. The van der Waals surface area contributed by atoms with Gasteiger partial charge in [-0.25, -0.2) is 4.98 Å². The predicted molar refractivity (Wildman–Crippen MR) is 129 cm³/mol. The summed E-state index contributed by atoms with van der Waals surface area (Å²) in [7, 11) is 0. The molecule has 0 unspecified atom stereocenters. The molecule has 3 aromatic carbocycles. The van der Waals surface area contributed by atoms with Crippen molar-refractivity contribution in [2.75, 3.05) is 11.9 Å². The summed E-state index contributed by atoms with van der Waals surface area (Å²) in [6.45, 7) is 8.06. The van der Waals surface area contributed by atoms with Gasteiger partial charge in [0, 0.05) is 5.56 Å². The van der Waals surface area contributed by atoms with Crippen LogP contribution in [0.2, 0.25) is 5.02 Å². The van der Waals surface area contributed by atoms with Crippen LogP contribution >= 0.6 is 11.6 Å². The van der Waals surface area contributed by atoms with Gasteiger partial charge in [0.05, 0.1) is 10.7 Å². The number of carbonyl (C=O) groups is 1. The number of halogens is 1. The Hall–Kier alpha value is -3.31. The lowest BCUT2D eigenvalue weighted by Gasteiger charge is -2.15. The second-order valence-electron chi connectivity index (χ2n) is 8.22. The lowest BCUT2D eigenvalue weighted by molar-refractivity contribution is -0.118. The molecule has 32 heavy (non-hydrogen) atoms. The zero-order valence-electron chi connectivity index (χ0n) is 18.5. The highest BCUT2D eigenvalue weighted by atomic mass is 35.5. The second-order valence-corrected chi connectivity index (χ2v) is 8.62. The van der Waals surface area contributed by atoms with Gasteiger partial charge in [0.15, 0.2) is 12.2 Å². The highest BCUT2D eigenvalue weighted by Gasteiger charge is 2.14. The van der Waals surface area contributed by atoms with E-state index in [0.717, 1.165) is 33.5 Å². The minimum absolute atomic E-state index is 0.119. The van der Waals surface area contributed by atoms with Crippen LogP contribution in [0.5, 0.6) is 5.75 Å². The number of oxazole rings is 1. The van der Waals surface area contributed by atoms with E-state index in [1.165, 1.54) is 0 Å². The van der Waals surface area contributed by atoms with E-state index >= 15 is 0 Å². The molecule has 4 aromatic rings. The molecule has 0 aliphatic carbocycles. The fourth-order valence-electron chi connectivity index (χ4n) is 3.48. The zero-order chi connectivity index (χ0) is 22.8. The van der Waals surface area contributed by atoms with E-state index in [1.54, 1.807) is 12.1 Å². The first-order chi connectivity index (χ1) is 15.3. The molecule has 0 fully saturated rings. The SMILES string of the molecule is Cc1ccc(C(C)C)c(OCC(=O)Nc2cc(-c3nc4ccc(C)cc4o3)ccc2Cl)c1. The molecule has 164 valence electrons. The first-order valence-corrected chi connectivity index (χ1v) is 10.9. The van der Waals surface area contributed by atoms with E-state index < -0.39 is 0 Å². The van der Waals surface area contributed by atoms with Crippen molar-refractivity contribution in [2.24, 2.45) is 0 Å². The third-order valence-electron chi connectivity index (χ3n) is 5.18. The van der Waals surface area contributed by atoms with Crippen LogP contribution in [0.1, 0.15) is 36.5 Å². The number of nitrogens with one attached hydrogen (secondary N) is 1. The highest BCUT2D eigenvalue weighted by molar-refractivity contribution is 6.33. The van der Waals surface area contributed by atoms with Crippen molar-refractivity contribution in [3.8, 4) is 17.2 Å². The molecule has 0 aliphatic heterocycles. The number of nitrogens with zero attached hydrogens (tertiary/aromatic N) is 1. The average Bonchev–Trinajstić information content (AvgIpc) is 3.17. The van der Waals surface area contributed by atoms with E-state index in [0.29, 0.717) is 28.1 Å². The van der Waals surface area contributed by atoms with E-state index in [9.17, 15) is 4.79 Å². The standard InChI is InChI=1S/C26H25ClN2O3/c1-15(2)19-8-5-16(3)11-23(19)31-14-25(30)28-22-13-18(7-9-20(22)27)26-29-21-10-6-17(4)12-24(21)32-26/h5-13,15H,14H2,1-4H3,(H,28,30). The Bertz CT molecular complexity index is 1290. The fourth-order valence-corrected chi connectivity index (χ4v) is 3.65. The first-order valence-electron chi connectivity index (χ1n) is 10.5. The van der Waals surface area contributed by atoms with Crippen molar-refractivity contribution in [2.45, 2.75) is 33.6 Å². The molecule has 0 saturated carbocycles. The van der Waals surface area contributed by atoms with Crippen LogP contribution in [0, 0.1) is 13.8 Å². The maximum atomic E-state index is 12.6. The molecule has 1 amide bonds. The summed E-state index contributed by atoms with van der Waals surface area (Å²) in [5.74, 6) is 1.18. The quantitative estimate of drug-likeness (QED) is 0.348. The van der Waals surface area contributed by atoms with Gasteiger partial charge in [-0.05, 0) is 72.9 Å². The number of amides is 1. The van der Waals surface area contributed by atoms with Gasteiger partial charge in [0.25, 0.3) is 5.91 Å². The normalized spacial score (nSPS) is 11.2. The summed E-state index contributed by atoms with van der Waals surface area (Å²) in [6, 6.07) is 17.2. The van der Waals surface area contributed by atoms with Crippen molar-refractivity contribution < 1.29 is 13.9 Å². The summed E-state index contributed by atoms with van der Waals surface area (Å²) < 4.78 is 11.7. The Morgan fingerprint density at radius 1 is 1.06 bits per heavy atom. The molecule has 0 bridgehead atoms. The van der Waals surface area contributed by atoms with Gasteiger partial charge in [-0.15, -0.1) is 0 Å². The van der Waals surface area contributed by atoms with E-state index in [1.807, 2.05) is 56.3 Å². The number of fused-ring (bicyclic) bond motifs is 1. The highest BCUT2D eigenvalue weighted by Crippen LogP contribution is 2.31. The summed E-state index contributed by atoms with van der Waals surface area (Å²) in [5, 5.41) is 3.26. The second kappa shape index (κ2) is 9.05. The van der Waals surface area contributed by atoms with Gasteiger partial charge in [-0.1, -0.05) is 43.6 Å². The number of hydrogen-bond donors (Lipinski definition) is 1. The minimum atomic E-state index is -0.298. The number of hydrogen-bond acceptors (Lipinski definition) is 4. The zero-order valence-corrected chi connectivity index (χ0v) is 19.3. The molecule has 0 saturated heterocycles. The molecule has 6 heteroatoms. The lowest BCUT2D eigenvalue weighted by atomic mass is 10.0. The molecule has 1 aromatic heterocycles. The van der Waals surface area contributed by atoms with E-state index in [-0.39, 0.29) is 12.5 Å². The van der Waals surface area contributed by atoms with Gasteiger partial charge in [-0.3, -0.25) is 4.79 Å². The van der Waals surface area contributed by atoms with Gasteiger partial charge in [-0.2, -0.15) is 0 Å². The molecule has 1 heterocycles. The Morgan fingerprint density at radius 2 is 1.81 bits per heavy atom. The molecule has 0 spiro atoms. The van der Waals surface area contributed by atoms with Crippen LogP contribution < -0.4 is 10.1 Å². The van der Waals surface area contributed by atoms with Crippen LogP contribution in [-0.2, 0) is 4.79 Å². The molecular weight excluding hydrogens is 424 g/mol. The van der Waals surface area contributed by atoms with Gasteiger partial charge >= 0.3 is 0 Å². The average molecular weight is 449 g/mol. The van der Waals surface area contributed by atoms with Gasteiger partial charge in [0.2, 0.25) is 5.89 Å². The van der Waals surface area contributed by atoms with Crippen LogP contribution in [-0.4, -0.2) is 17.5 Å². The Balaban J connectivity index is 1.51. The summed E-state index contributed by atoms with van der Waals surface area (Å²) in [6.07, 6.45) is 0. The third-order valence-corrected chi connectivity index (χ3v) is 5.51. The van der Waals surface area contributed by atoms with E-state index in [4.69, 9.17) is 20.8 Å². The van der Waals surface area contributed by atoms with Gasteiger partial charge in [0.1, 0.15) is 11.3 Å². The largest absolute Gasteiger partial charge is 0.483 e. The first kappa shape index (κ1) is 21.9. The topological polar surface area (TPSA) is 64.4 Å². The molecule has 1 N–H and O–H groups in total.